The summed E-state index contributed by atoms with van der Waals surface area (Å²) < 4.78 is 11.7. The third-order valence-electron chi connectivity index (χ3n) is 8.45. The van der Waals surface area contributed by atoms with Gasteiger partial charge in [-0.3, -0.25) is 0 Å². The van der Waals surface area contributed by atoms with Crippen LogP contribution in [0.3, 0.4) is 0 Å². The first-order chi connectivity index (χ1) is 20.4. The molecule has 7 nitrogen and oxygen atoms in total. The molecule has 1 aliphatic carbocycles. The van der Waals surface area contributed by atoms with E-state index in [0.29, 0.717) is 47.6 Å². The van der Waals surface area contributed by atoms with E-state index < -0.39 is 6.10 Å². The van der Waals surface area contributed by atoms with Gasteiger partial charge in [0.15, 0.2) is 11.5 Å². The van der Waals surface area contributed by atoms with Gasteiger partial charge in [0.05, 0.1) is 39.1 Å². The molecular formula is C35H44O7. The molecule has 226 valence electrons. The minimum atomic E-state index is -0.702. The standard InChI is InChI=1S/C35H44O7/c1-3-23-7-4-5-10-33(42-18-17-36)29(9-6-8-23)31(39)15-12-24-13-16-32(40)35(41-2)34(24)30-21-25-11-14-28(38)20-26(25)19-27(30)22-37/h11,13-14,16,19-21,23,29,31,33,36-40H,3-5,7,9-10,12,15,17-18,22H2,1-2H3. The molecule has 0 saturated heterocycles. The molecule has 4 atom stereocenters. The van der Waals surface area contributed by atoms with Gasteiger partial charge < -0.3 is 35.0 Å². The second-order valence-corrected chi connectivity index (χ2v) is 11.2. The highest BCUT2D eigenvalue weighted by Gasteiger charge is 2.29. The van der Waals surface area contributed by atoms with Crippen LogP contribution in [0.15, 0.2) is 42.5 Å². The lowest BCUT2D eigenvalue weighted by Gasteiger charge is -2.31. The number of methoxy groups -OCH3 is 1. The molecule has 7 heteroatoms. The van der Waals surface area contributed by atoms with E-state index in [4.69, 9.17) is 9.47 Å². The second kappa shape index (κ2) is 15.3. The van der Waals surface area contributed by atoms with Gasteiger partial charge in [-0.05, 0) is 89.9 Å². The Hall–Kier alpha value is -3.28. The monoisotopic (exact) mass is 576 g/mol. The van der Waals surface area contributed by atoms with Gasteiger partial charge in [0, 0.05) is 23.8 Å². The maximum Gasteiger partial charge on any atom is 0.168 e. The number of fused-ring (bicyclic) bond motifs is 1. The minimum absolute atomic E-state index is 0.0166. The maximum absolute atomic E-state index is 11.6. The van der Waals surface area contributed by atoms with Gasteiger partial charge in [0.2, 0.25) is 0 Å². The van der Waals surface area contributed by atoms with Crippen molar-refractivity contribution in [3.63, 3.8) is 0 Å². The Bertz CT molecular complexity index is 1390. The zero-order valence-corrected chi connectivity index (χ0v) is 24.7. The maximum atomic E-state index is 11.6. The molecule has 0 radical (unpaired) electrons. The van der Waals surface area contributed by atoms with Crippen molar-refractivity contribution in [2.75, 3.05) is 20.3 Å². The Labute approximate surface area is 248 Å². The molecule has 0 amide bonds. The lowest BCUT2D eigenvalue weighted by Crippen LogP contribution is -2.35. The van der Waals surface area contributed by atoms with E-state index in [-0.39, 0.29) is 43.3 Å². The van der Waals surface area contributed by atoms with Gasteiger partial charge in [-0.1, -0.05) is 37.8 Å². The number of aliphatic hydroxyl groups excluding tert-OH is 3. The molecule has 0 aromatic heterocycles. The lowest BCUT2D eigenvalue weighted by molar-refractivity contribution is -0.0515. The van der Waals surface area contributed by atoms with Crippen LogP contribution in [-0.2, 0) is 17.8 Å². The molecule has 0 heterocycles. The normalized spacial score (nSPS) is 20.1. The van der Waals surface area contributed by atoms with E-state index in [1.807, 2.05) is 24.3 Å². The van der Waals surface area contributed by atoms with Gasteiger partial charge in [0.1, 0.15) is 5.75 Å². The molecule has 4 rings (SSSR count). The molecule has 0 fully saturated rings. The summed E-state index contributed by atoms with van der Waals surface area (Å²) in [6.07, 6.45) is 5.47. The molecule has 4 unspecified atom stereocenters. The second-order valence-electron chi connectivity index (χ2n) is 11.2. The van der Waals surface area contributed by atoms with E-state index in [0.717, 1.165) is 48.4 Å². The lowest BCUT2D eigenvalue weighted by atomic mass is 9.84. The largest absolute Gasteiger partial charge is 0.508 e. The van der Waals surface area contributed by atoms with Crippen molar-refractivity contribution in [3.8, 4) is 40.2 Å². The number of aliphatic hydroxyl groups is 3. The van der Waals surface area contributed by atoms with Crippen LogP contribution >= 0.6 is 0 Å². The summed E-state index contributed by atoms with van der Waals surface area (Å²) in [5.41, 5.74) is 2.87. The molecule has 3 aromatic rings. The third-order valence-corrected chi connectivity index (χ3v) is 8.45. The van der Waals surface area contributed by atoms with Gasteiger partial charge in [-0.2, -0.15) is 0 Å². The number of phenols is 2. The van der Waals surface area contributed by atoms with E-state index in [2.05, 4.69) is 18.8 Å². The highest BCUT2D eigenvalue weighted by molar-refractivity contribution is 5.92. The Morgan fingerprint density at radius 1 is 0.976 bits per heavy atom. The number of aromatic hydroxyl groups is 2. The summed E-state index contributed by atoms with van der Waals surface area (Å²) in [5.74, 6) is 7.34. The van der Waals surface area contributed by atoms with Gasteiger partial charge in [-0.15, -0.1) is 5.92 Å². The Morgan fingerprint density at radius 2 is 1.79 bits per heavy atom. The zero-order valence-electron chi connectivity index (χ0n) is 24.7. The number of phenolic OH excluding ortho intramolecular Hbond substituents is 2. The Kier molecular flexibility index (Phi) is 11.5. The Morgan fingerprint density at radius 3 is 2.52 bits per heavy atom. The van der Waals surface area contributed by atoms with E-state index in [9.17, 15) is 25.5 Å². The molecule has 0 saturated carbocycles. The molecule has 42 heavy (non-hydrogen) atoms. The SMILES string of the molecule is CCC1C#CCC(C(O)CCc2ccc(O)c(OC)c2-c2cc3ccc(O)cc3cc2CO)C(OCCO)CCCC1. The van der Waals surface area contributed by atoms with Gasteiger partial charge in [0.25, 0.3) is 0 Å². The predicted octanol–water partition coefficient (Wildman–Crippen LogP) is 5.70. The van der Waals surface area contributed by atoms with Crippen molar-refractivity contribution < 1.29 is 35.0 Å². The molecule has 5 N–H and O–H groups in total. The highest BCUT2D eigenvalue weighted by atomic mass is 16.5. The number of rotatable bonds is 11. The number of aryl methyl sites for hydroxylation is 1. The first kappa shape index (κ1) is 31.7. The van der Waals surface area contributed by atoms with Crippen molar-refractivity contribution in [2.24, 2.45) is 11.8 Å². The molecule has 3 aromatic carbocycles. The molecule has 0 spiro atoms. The van der Waals surface area contributed by atoms with E-state index in [1.54, 1.807) is 18.2 Å². The fraction of sp³-hybridized carbons (Fsp3) is 0.486. The van der Waals surface area contributed by atoms with Crippen LogP contribution in [0, 0.1) is 23.7 Å². The van der Waals surface area contributed by atoms with Gasteiger partial charge >= 0.3 is 0 Å². The minimum Gasteiger partial charge on any atom is -0.508 e. The summed E-state index contributed by atoms with van der Waals surface area (Å²) in [5, 5.41) is 53.6. The van der Waals surface area contributed by atoms with Crippen molar-refractivity contribution in [3.05, 3.63) is 53.6 Å². The third kappa shape index (κ3) is 7.56. The molecule has 1 aliphatic rings. The molecule has 0 aliphatic heterocycles. The van der Waals surface area contributed by atoms with Crippen LogP contribution in [0.2, 0.25) is 0 Å². The number of ether oxygens (including phenoxy) is 2. The summed E-state index contributed by atoms with van der Waals surface area (Å²) >= 11 is 0. The smallest absolute Gasteiger partial charge is 0.168 e. The van der Waals surface area contributed by atoms with Crippen LogP contribution < -0.4 is 4.74 Å². The molecular weight excluding hydrogens is 532 g/mol. The summed E-state index contributed by atoms with van der Waals surface area (Å²) in [6, 6.07) is 12.3. The van der Waals surface area contributed by atoms with Crippen LogP contribution in [-0.4, -0.2) is 58.1 Å². The predicted molar refractivity (Wildman–Crippen MR) is 164 cm³/mol. The van der Waals surface area contributed by atoms with Crippen LogP contribution in [0.25, 0.3) is 21.9 Å². The zero-order chi connectivity index (χ0) is 30.1. The first-order valence-corrected chi connectivity index (χ1v) is 15.0. The summed E-state index contributed by atoms with van der Waals surface area (Å²) in [4.78, 5) is 0. The van der Waals surface area contributed by atoms with Crippen LogP contribution in [0.5, 0.6) is 17.2 Å². The van der Waals surface area contributed by atoms with Crippen molar-refractivity contribution >= 4 is 10.8 Å². The number of hydrogen-bond donors (Lipinski definition) is 5. The first-order valence-electron chi connectivity index (χ1n) is 15.0. The fourth-order valence-electron chi connectivity index (χ4n) is 6.11. The van der Waals surface area contributed by atoms with Crippen LogP contribution in [0.1, 0.15) is 63.0 Å². The van der Waals surface area contributed by atoms with E-state index in [1.165, 1.54) is 7.11 Å². The molecule has 0 bridgehead atoms. The fourth-order valence-corrected chi connectivity index (χ4v) is 6.11. The average Bonchev–Trinajstić information content (AvgIpc) is 3.00. The quantitative estimate of drug-likeness (QED) is 0.186. The Balaban J connectivity index is 1.68. The van der Waals surface area contributed by atoms with E-state index >= 15 is 0 Å². The van der Waals surface area contributed by atoms with Crippen molar-refractivity contribution in [1.82, 2.24) is 0 Å². The number of hydrogen-bond acceptors (Lipinski definition) is 7. The summed E-state index contributed by atoms with van der Waals surface area (Å²) in [6.45, 7) is 2.07. The highest BCUT2D eigenvalue weighted by Crippen LogP contribution is 2.43. The van der Waals surface area contributed by atoms with Crippen molar-refractivity contribution in [2.45, 2.75) is 77.1 Å². The van der Waals surface area contributed by atoms with Crippen molar-refractivity contribution in [1.29, 1.82) is 0 Å². The summed E-state index contributed by atoms with van der Waals surface area (Å²) in [7, 11) is 1.50. The topological polar surface area (TPSA) is 120 Å². The number of benzene rings is 3. The van der Waals surface area contributed by atoms with Gasteiger partial charge in [-0.25, -0.2) is 0 Å². The average molecular weight is 577 g/mol. The van der Waals surface area contributed by atoms with Crippen LogP contribution in [0.4, 0.5) is 0 Å².